The Morgan fingerprint density at radius 3 is 2.69 bits per heavy atom. The highest BCUT2D eigenvalue weighted by Gasteiger charge is 2.18. The zero-order valence-corrected chi connectivity index (χ0v) is 9.85. The average molecular weight is 291 g/mol. The van der Waals surface area contributed by atoms with Gasteiger partial charge in [-0.15, -0.1) is 0 Å². The van der Waals surface area contributed by atoms with Crippen molar-refractivity contribution < 1.29 is 15.1 Å². The Kier molecular flexibility index (Phi) is 4.22. The highest BCUT2D eigenvalue weighted by atomic mass is 79.9. The number of aromatic hydroxyl groups is 1. The lowest BCUT2D eigenvalue weighted by atomic mass is 10.0. The third-order valence-corrected chi connectivity index (χ3v) is 2.73. The molecule has 4 N–H and O–H groups in total. The van der Waals surface area contributed by atoms with E-state index in [-0.39, 0.29) is 34.5 Å². The summed E-state index contributed by atoms with van der Waals surface area (Å²) < 4.78 is 0.213. The maximum Gasteiger partial charge on any atom is 0.271 e. The van der Waals surface area contributed by atoms with E-state index in [0.717, 1.165) is 0 Å². The third-order valence-electron chi connectivity index (χ3n) is 2.13. The maximum absolute atomic E-state index is 10.6. The Hall–Kier alpha value is -1.18. The molecule has 0 spiro atoms. The third kappa shape index (κ3) is 2.69. The van der Waals surface area contributed by atoms with Crippen LogP contribution in [0.3, 0.4) is 0 Å². The lowest BCUT2D eigenvalue weighted by Gasteiger charge is -2.13. The smallest absolute Gasteiger partial charge is 0.271 e. The lowest BCUT2D eigenvalue weighted by Crippen LogP contribution is -2.12. The SMILES string of the molecule is NC(CCO)c1cc([N+](=O)[O-])cc(Br)c1O. The van der Waals surface area contributed by atoms with Crippen molar-refractivity contribution in [3.63, 3.8) is 0 Å². The van der Waals surface area contributed by atoms with Crippen molar-refractivity contribution in [2.45, 2.75) is 12.5 Å². The first-order valence-corrected chi connectivity index (χ1v) is 5.30. The van der Waals surface area contributed by atoms with Crippen molar-refractivity contribution in [2.24, 2.45) is 5.73 Å². The molecule has 1 aromatic rings. The molecule has 0 heterocycles. The average Bonchev–Trinajstić information content (AvgIpc) is 2.21. The van der Waals surface area contributed by atoms with E-state index in [9.17, 15) is 15.2 Å². The van der Waals surface area contributed by atoms with Crippen LogP contribution >= 0.6 is 15.9 Å². The number of non-ortho nitro benzene ring substituents is 1. The zero-order valence-electron chi connectivity index (χ0n) is 8.26. The van der Waals surface area contributed by atoms with Crippen molar-refractivity contribution in [3.8, 4) is 5.75 Å². The van der Waals surface area contributed by atoms with Crippen molar-refractivity contribution in [1.29, 1.82) is 0 Å². The molecule has 0 saturated carbocycles. The fraction of sp³-hybridized carbons (Fsp3) is 0.333. The number of halogens is 1. The number of phenolic OH excluding ortho intramolecular Hbond substituents is 1. The van der Waals surface area contributed by atoms with E-state index in [4.69, 9.17) is 10.8 Å². The normalized spacial score (nSPS) is 12.4. The lowest BCUT2D eigenvalue weighted by molar-refractivity contribution is -0.385. The van der Waals surface area contributed by atoms with Crippen LogP contribution in [0.25, 0.3) is 0 Å². The summed E-state index contributed by atoms with van der Waals surface area (Å²) in [4.78, 5) is 10.0. The topological polar surface area (TPSA) is 110 Å². The van der Waals surface area contributed by atoms with Crippen LogP contribution in [0.5, 0.6) is 5.75 Å². The van der Waals surface area contributed by atoms with Gasteiger partial charge in [-0.2, -0.15) is 0 Å². The highest BCUT2D eigenvalue weighted by Crippen LogP contribution is 2.35. The second kappa shape index (κ2) is 5.24. The Balaban J connectivity index is 3.21. The van der Waals surface area contributed by atoms with Crippen LogP contribution in [-0.2, 0) is 0 Å². The standard InChI is InChI=1S/C9H11BrN2O4/c10-7-4-5(12(15)16)3-6(9(7)14)8(11)1-2-13/h3-4,8,13-14H,1-2,11H2. The first-order valence-electron chi connectivity index (χ1n) is 4.50. The van der Waals surface area contributed by atoms with Crippen LogP contribution in [0.2, 0.25) is 0 Å². The fourth-order valence-electron chi connectivity index (χ4n) is 1.29. The van der Waals surface area contributed by atoms with Crippen molar-refractivity contribution >= 4 is 21.6 Å². The number of hydrogen-bond donors (Lipinski definition) is 3. The summed E-state index contributed by atoms with van der Waals surface area (Å²) in [5, 5.41) is 29.0. The molecular weight excluding hydrogens is 280 g/mol. The molecule has 0 saturated heterocycles. The second-order valence-corrected chi connectivity index (χ2v) is 4.10. The van der Waals surface area contributed by atoms with Crippen LogP contribution in [0.15, 0.2) is 16.6 Å². The Labute approximate surface area is 100.0 Å². The number of nitrogens with zero attached hydrogens (tertiary/aromatic N) is 1. The molecule has 1 unspecified atom stereocenters. The molecule has 0 radical (unpaired) electrons. The predicted molar refractivity (Wildman–Crippen MR) is 61.1 cm³/mol. The predicted octanol–water partition coefficient (Wildman–Crippen LogP) is 1.45. The number of phenols is 1. The number of nitro groups is 1. The van der Waals surface area contributed by atoms with Gasteiger partial charge in [0.15, 0.2) is 0 Å². The van der Waals surface area contributed by atoms with E-state index in [1.165, 1.54) is 12.1 Å². The van der Waals surface area contributed by atoms with Crippen LogP contribution < -0.4 is 5.73 Å². The summed E-state index contributed by atoms with van der Waals surface area (Å²) in [6.45, 7) is -0.152. The molecule has 0 aliphatic heterocycles. The summed E-state index contributed by atoms with van der Waals surface area (Å²) in [5.74, 6) is -0.133. The van der Waals surface area contributed by atoms with Crippen LogP contribution in [-0.4, -0.2) is 21.7 Å². The summed E-state index contributed by atoms with van der Waals surface area (Å²) in [5.41, 5.74) is 5.77. The number of benzene rings is 1. The van der Waals surface area contributed by atoms with Crippen molar-refractivity contribution in [1.82, 2.24) is 0 Å². The van der Waals surface area contributed by atoms with Gasteiger partial charge in [0.25, 0.3) is 5.69 Å². The minimum absolute atomic E-state index is 0.133. The molecule has 16 heavy (non-hydrogen) atoms. The van der Waals surface area contributed by atoms with Gasteiger partial charge in [0.1, 0.15) is 5.75 Å². The summed E-state index contributed by atoms with van der Waals surface area (Å²) in [6.07, 6.45) is 0.223. The van der Waals surface area contributed by atoms with E-state index in [1.54, 1.807) is 0 Å². The molecule has 1 rings (SSSR count). The molecule has 0 bridgehead atoms. The first-order chi connectivity index (χ1) is 7.47. The molecule has 0 aliphatic rings. The minimum Gasteiger partial charge on any atom is -0.506 e. The van der Waals surface area contributed by atoms with E-state index >= 15 is 0 Å². The Morgan fingerprint density at radius 1 is 1.56 bits per heavy atom. The van der Waals surface area contributed by atoms with Gasteiger partial charge in [0, 0.05) is 30.3 Å². The number of rotatable bonds is 4. The summed E-state index contributed by atoms with van der Waals surface area (Å²) in [7, 11) is 0. The summed E-state index contributed by atoms with van der Waals surface area (Å²) in [6, 6.07) is 1.77. The monoisotopic (exact) mass is 290 g/mol. The number of nitrogens with two attached hydrogens (primary N) is 1. The second-order valence-electron chi connectivity index (χ2n) is 3.24. The van der Waals surface area contributed by atoms with Gasteiger partial charge in [0.2, 0.25) is 0 Å². The quantitative estimate of drug-likeness (QED) is 0.574. The number of hydrogen-bond acceptors (Lipinski definition) is 5. The Bertz CT molecular complexity index is 411. The van der Waals surface area contributed by atoms with Gasteiger partial charge in [-0.25, -0.2) is 0 Å². The van der Waals surface area contributed by atoms with Crippen LogP contribution in [0.1, 0.15) is 18.0 Å². The first kappa shape index (κ1) is 12.9. The van der Waals surface area contributed by atoms with E-state index < -0.39 is 11.0 Å². The zero-order chi connectivity index (χ0) is 12.3. The van der Waals surface area contributed by atoms with E-state index in [2.05, 4.69) is 15.9 Å². The van der Waals surface area contributed by atoms with Gasteiger partial charge in [0.05, 0.1) is 9.40 Å². The maximum atomic E-state index is 10.6. The van der Waals surface area contributed by atoms with Crippen LogP contribution in [0.4, 0.5) is 5.69 Å². The fourth-order valence-corrected chi connectivity index (χ4v) is 1.75. The molecule has 0 fully saturated rings. The summed E-state index contributed by atoms with van der Waals surface area (Å²) >= 11 is 3.01. The van der Waals surface area contributed by atoms with Gasteiger partial charge in [-0.3, -0.25) is 10.1 Å². The van der Waals surface area contributed by atoms with Gasteiger partial charge in [-0.1, -0.05) is 0 Å². The molecule has 1 atom stereocenters. The molecule has 0 aliphatic carbocycles. The Morgan fingerprint density at radius 2 is 2.19 bits per heavy atom. The van der Waals surface area contributed by atoms with E-state index in [1.807, 2.05) is 0 Å². The van der Waals surface area contributed by atoms with Crippen molar-refractivity contribution in [2.75, 3.05) is 6.61 Å². The van der Waals surface area contributed by atoms with Gasteiger partial charge in [-0.05, 0) is 22.4 Å². The molecule has 6 nitrogen and oxygen atoms in total. The van der Waals surface area contributed by atoms with Gasteiger partial charge >= 0.3 is 0 Å². The van der Waals surface area contributed by atoms with Gasteiger partial charge < -0.3 is 15.9 Å². The highest BCUT2D eigenvalue weighted by molar-refractivity contribution is 9.10. The molecular formula is C9H11BrN2O4. The van der Waals surface area contributed by atoms with Crippen molar-refractivity contribution in [3.05, 3.63) is 32.3 Å². The minimum atomic E-state index is -0.638. The number of aliphatic hydroxyl groups is 1. The largest absolute Gasteiger partial charge is 0.506 e. The molecule has 0 amide bonds. The molecule has 88 valence electrons. The molecule has 7 heteroatoms. The number of nitro benzene ring substituents is 1. The number of aliphatic hydroxyl groups excluding tert-OH is 1. The van der Waals surface area contributed by atoms with E-state index in [0.29, 0.717) is 0 Å². The molecule has 1 aromatic carbocycles. The van der Waals surface area contributed by atoms with Crippen LogP contribution in [0, 0.1) is 10.1 Å². The molecule has 0 aromatic heterocycles.